The van der Waals surface area contributed by atoms with Crippen LogP contribution in [-0.4, -0.2) is 25.5 Å². The summed E-state index contributed by atoms with van der Waals surface area (Å²) >= 11 is 7.59. The minimum absolute atomic E-state index is 0.106. The number of nitrogens with one attached hydrogen (secondary N) is 1. The molecule has 4 aromatic rings. The molecule has 2 aromatic carbocycles. The highest BCUT2D eigenvalue weighted by atomic mass is 35.5. The van der Waals surface area contributed by atoms with E-state index < -0.39 is 0 Å². The van der Waals surface area contributed by atoms with Crippen molar-refractivity contribution in [3.05, 3.63) is 98.7 Å². The van der Waals surface area contributed by atoms with E-state index >= 15 is 0 Å². The number of benzene rings is 2. The van der Waals surface area contributed by atoms with Crippen LogP contribution in [0.4, 0.5) is 0 Å². The molecule has 1 N–H and O–H groups in total. The van der Waals surface area contributed by atoms with Crippen LogP contribution >= 0.6 is 23.4 Å². The molecule has 32 heavy (non-hydrogen) atoms. The maximum Gasteiger partial charge on any atom is 0.255 e. The first-order valence-corrected chi connectivity index (χ1v) is 11.5. The van der Waals surface area contributed by atoms with E-state index in [1.54, 1.807) is 17.1 Å². The van der Waals surface area contributed by atoms with Gasteiger partial charge in [-0.25, -0.2) is 4.98 Å². The molecule has 4 rings (SSSR count). The fraction of sp³-hybridized carbons (Fsp3) is 0.208. The van der Waals surface area contributed by atoms with Gasteiger partial charge in [0.05, 0.1) is 6.20 Å². The van der Waals surface area contributed by atoms with Gasteiger partial charge in [0.1, 0.15) is 11.5 Å². The third kappa shape index (κ3) is 5.81. The fourth-order valence-electron chi connectivity index (χ4n) is 3.19. The summed E-state index contributed by atoms with van der Waals surface area (Å²) in [4.78, 5) is 19.6. The van der Waals surface area contributed by atoms with Crippen LogP contribution in [0, 0.1) is 6.92 Å². The Kier molecular flexibility index (Phi) is 6.97. The summed E-state index contributed by atoms with van der Waals surface area (Å²) in [6.07, 6.45) is 6.68. The summed E-state index contributed by atoms with van der Waals surface area (Å²) in [7, 11) is 1.85. The molecule has 0 aliphatic rings. The maximum absolute atomic E-state index is 12.4. The first-order valence-electron chi connectivity index (χ1n) is 10.2. The smallest absolute Gasteiger partial charge is 0.255 e. The number of hydrogen-bond acceptors (Lipinski definition) is 5. The van der Waals surface area contributed by atoms with Crippen LogP contribution in [0.1, 0.15) is 22.3 Å². The van der Waals surface area contributed by atoms with Crippen LogP contribution in [0.15, 0.2) is 71.0 Å². The Morgan fingerprint density at radius 3 is 2.56 bits per heavy atom. The minimum Gasteiger partial charge on any atom is -0.457 e. The lowest BCUT2D eigenvalue weighted by molar-refractivity contribution is 0.482. The standard InChI is InChI=1S/C24H23ClN4O2S/c1-16-11-21(7-8-22(16)25)31-20-5-3-17(4-6-20)9-10-32-24-26-14-19(23(30)28-24)12-18-13-27-29(2)15-18/h3-8,11,13-15H,9-10,12H2,1-2H3,(H,26,28,30). The van der Waals surface area contributed by atoms with Crippen molar-refractivity contribution in [1.29, 1.82) is 0 Å². The molecule has 0 aliphatic carbocycles. The monoisotopic (exact) mass is 466 g/mol. The molecule has 6 nitrogen and oxygen atoms in total. The van der Waals surface area contributed by atoms with Gasteiger partial charge in [0.15, 0.2) is 5.16 Å². The quantitative estimate of drug-likeness (QED) is 0.286. The van der Waals surface area contributed by atoms with Gasteiger partial charge in [0.2, 0.25) is 0 Å². The van der Waals surface area contributed by atoms with E-state index in [1.807, 2.05) is 62.6 Å². The van der Waals surface area contributed by atoms with Crippen LogP contribution in [0.5, 0.6) is 11.5 Å². The topological polar surface area (TPSA) is 72.8 Å². The molecule has 2 aromatic heterocycles. The summed E-state index contributed by atoms with van der Waals surface area (Å²) in [6, 6.07) is 13.6. The van der Waals surface area contributed by atoms with Crippen LogP contribution in [-0.2, 0) is 19.9 Å². The summed E-state index contributed by atoms with van der Waals surface area (Å²) in [5.41, 5.74) is 3.68. The molecular weight excluding hydrogens is 444 g/mol. The number of aromatic nitrogens is 4. The lowest BCUT2D eigenvalue weighted by Gasteiger charge is -2.08. The zero-order valence-corrected chi connectivity index (χ0v) is 19.4. The largest absolute Gasteiger partial charge is 0.457 e. The predicted octanol–water partition coefficient (Wildman–Crippen LogP) is 5.18. The van der Waals surface area contributed by atoms with E-state index in [9.17, 15) is 4.79 Å². The number of aromatic amines is 1. The molecule has 0 unspecified atom stereocenters. The molecule has 2 heterocycles. The van der Waals surface area contributed by atoms with E-state index in [2.05, 4.69) is 15.1 Å². The normalized spacial score (nSPS) is 11.0. The predicted molar refractivity (Wildman–Crippen MR) is 128 cm³/mol. The Bertz CT molecular complexity index is 1270. The molecule has 0 radical (unpaired) electrons. The maximum atomic E-state index is 12.4. The number of nitrogens with zero attached hydrogens (tertiary/aromatic N) is 3. The lowest BCUT2D eigenvalue weighted by Crippen LogP contribution is -2.14. The number of rotatable bonds is 8. The molecule has 0 spiro atoms. The van der Waals surface area contributed by atoms with Gasteiger partial charge in [-0.3, -0.25) is 9.48 Å². The van der Waals surface area contributed by atoms with Crippen molar-refractivity contribution >= 4 is 23.4 Å². The van der Waals surface area contributed by atoms with Crippen molar-refractivity contribution in [1.82, 2.24) is 19.7 Å². The molecule has 0 fully saturated rings. The molecular formula is C24H23ClN4O2S. The Morgan fingerprint density at radius 2 is 1.88 bits per heavy atom. The fourth-order valence-corrected chi connectivity index (χ4v) is 4.13. The Hall–Kier alpha value is -3.03. The molecule has 0 atom stereocenters. The van der Waals surface area contributed by atoms with Gasteiger partial charge in [-0.2, -0.15) is 5.10 Å². The molecule has 0 bridgehead atoms. The van der Waals surface area contributed by atoms with Crippen molar-refractivity contribution in [3.8, 4) is 11.5 Å². The Morgan fingerprint density at radius 1 is 1.09 bits per heavy atom. The van der Waals surface area contributed by atoms with Gasteiger partial charge in [0, 0.05) is 42.2 Å². The lowest BCUT2D eigenvalue weighted by atomic mass is 10.1. The highest BCUT2D eigenvalue weighted by Crippen LogP contribution is 2.26. The van der Waals surface area contributed by atoms with Crippen LogP contribution in [0.2, 0.25) is 5.02 Å². The summed E-state index contributed by atoms with van der Waals surface area (Å²) in [6.45, 7) is 1.95. The molecule has 0 aliphatic heterocycles. The van der Waals surface area contributed by atoms with Gasteiger partial charge >= 0.3 is 0 Å². The first-order chi connectivity index (χ1) is 15.5. The number of ether oxygens (including phenoxy) is 1. The van der Waals surface area contributed by atoms with Gasteiger partial charge < -0.3 is 9.72 Å². The van der Waals surface area contributed by atoms with E-state index in [0.29, 0.717) is 17.1 Å². The van der Waals surface area contributed by atoms with Crippen LogP contribution in [0.25, 0.3) is 0 Å². The molecule has 164 valence electrons. The zero-order chi connectivity index (χ0) is 22.5. The number of halogens is 1. The van der Waals surface area contributed by atoms with Crippen molar-refractivity contribution in [2.45, 2.75) is 24.9 Å². The van der Waals surface area contributed by atoms with Gasteiger partial charge in [-0.05, 0) is 60.4 Å². The SMILES string of the molecule is Cc1cc(Oc2ccc(CCSc3ncc(Cc4cnn(C)c4)c(=O)[nH]3)cc2)ccc1Cl. The summed E-state index contributed by atoms with van der Waals surface area (Å²) < 4.78 is 7.61. The van der Waals surface area contributed by atoms with Crippen LogP contribution < -0.4 is 10.3 Å². The van der Waals surface area contributed by atoms with Crippen molar-refractivity contribution in [3.63, 3.8) is 0 Å². The Balaban J connectivity index is 1.29. The average Bonchev–Trinajstić information content (AvgIpc) is 3.18. The highest BCUT2D eigenvalue weighted by Gasteiger charge is 2.07. The average molecular weight is 467 g/mol. The van der Waals surface area contributed by atoms with E-state index in [1.165, 1.54) is 17.3 Å². The third-order valence-corrected chi connectivity index (χ3v) is 6.23. The summed E-state index contributed by atoms with van der Waals surface area (Å²) in [5.74, 6) is 2.34. The van der Waals surface area contributed by atoms with Crippen molar-refractivity contribution in [2.24, 2.45) is 7.05 Å². The zero-order valence-electron chi connectivity index (χ0n) is 17.8. The number of hydrogen-bond donors (Lipinski definition) is 1. The third-order valence-electron chi connectivity index (χ3n) is 4.92. The van der Waals surface area contributed by atoms with Crippen molar-refractivity contribution < 1.29 is 4.74 Å². The number of aryl methyl sites for hydroxylation is 3. The van der Waals surface area contributed by atoms with Crippen molar-refractivity contribution in [2.75, 3.05) is 5.75 Å². The second kappa shape index (κ2) is 10.1. The molecule has 0 saturated heterocycles. The second-order valence-electron chi connectivity index (χ2n) is 7.50. The van der Waals surface area contributed by atoms with Crippen LogP contribution in [0.3, 0.4) is 0 Å². The molecule has 0 saturated carbocycles. The summed E-state index contributed by atoms with van der Waals surface area (Å²) in [5, 5.41) is 5.48. The first kappa shape index (κ1) is 22.2. The molecule has 0 amide bonds. The molecule has 8 heteroatoms. The van der Waals surface area contributed by atoms with E-state index in [0.717, 1.165) is 39.8 Å². The number of H-pyrrole nitrogens is 1. The Labute approximate surface area is 195 Å². The van der Waals surface area contributed by atoms with Gasteiger partial charge in [-0.1, -0.05) is 35.5 Å². The minimum atomic E-state index is -0.106. The van der Waals surface area contributed by atoms with E-state index in [4.69, 9.17) is 16.3 Å². The van der Waals surface area contributed by atoms with E-state index in [-0.39, 0.29) is 5.56 Å². The highest BCUT2D eigenvalue weighted by molar-refractivity contribution is 7.99. The number of thioether (sulfide) groups is 1. The van der Waals surface area contributed by atoms with Gasteiger partial charge in [0.25, 0.3) is 5.56 Å². The van der Waals surface area contributed by atoms with Gasteiger partial charge in [-0.15, -0.1) is 0 Å². The second-order valence-corrected chi connectivity index (χ2v) is 8.99.